The topological polar surface area (TPSA) is 79.0 Å². The minimum absolute atomic E-state index is 0.0987. The molecule has 4 rings (SSSR count). The van der Waals surface area contributed by atoms with Crippen molar-refractivity contribution in [1.29, 1.82) is 0 Å². The summed E-state index contributed by atoms with van der Waals surface area (Å²) in [6, 6.07) is 2.16. The summed E-state index contributed by atoms with van der Waals surface area (Å²) >= 11 is 0. The lowest BCUT2D eigenvalue weighted by molar-refractivity contribution is 0.0363. The largest absolute Gasteiger partial charge is 0.356 e. The molecule has 2 aromatic heterocycles. The first kappa shape index (κ1) is 17.6. The van der Waals surface area contributed by atoms with E-state index in [1.165, 1.54) is 6.33 Å². The fourth-order valence-electron chi connectivity index (χ4n) is 4.04. The number of nitrogens with zero attached hydrogens (tertiary/aromatic N) is 3. The number of fused-ring (bicyclic) bond motifs is 1. The van der Waals surface area contributed by atoms with E-state index in [-0.39, 0.29) is 30.6 Å². The van der Waals surface area contributed by atoms with Gasteiger partial charge in [-0.05, 0) is 37.7 Å². The molecule has 2 saturated carbocycles. The third kappa shape index (κ3) is 3.06. The van der Waals surface area contributed by atoms with Crippen molar-refractivity contribution in [2.24, 2.45) is 11.8 Å². The number of alkyl halides is 2. The van der Waals surface area contributed by atoms with Gasteiger partial charge < -0.3 is 9.88 Å². The van der Waals surface area contributed by atoms with E-state index in [4.69, 9.17) is 0 Å². The van der Waals surface area contributed by atoms with Gasteiger partial charge in [-0.15, -0.1) is 0 Å². The number of hydrogen-bond donors (Lipinski definition) is 1. The summed E-state index contributed by atoms with van der Waals surface area (Å²) in [5.74, 6) is 0.306. The molecule has 142 valence electrons. The number of nitrogens with one attached hydrogen (secondary N) is 1. The SMILES string of the molecule is CN(c1ncnc2[nH]ccc12)C1CC(CS(=O)(=O)C2CC(C(F)F)C2)C1. The smallest absolute Gasteiger partial charge is 0.241 e. The van der Waals surface area contributed by atoms with Crippen LogP contribution in [-0.4, -0.2) is 53.9 Å². The number of H-pyrrole nitrogens is 1. The molecule has 1 N–H and O–H groups in total. The van der Waals surface area contributed by atoms with E-state index in [9.17, 15) is 17.2 Å². The van der Waals surface area contributed by atoms with Crippen molar-refractivity contribution in [3.8, 4) is 0 Å². The second-order valence-electron chi connectivity index (χ2n) is 7.56. The van der Waals surface area contributed by atoms with Gasteiger partial charge in [0.2, 0.25) is 6.43 Å². The standard InChI is InChI=1S/C17H22F2N4O2S/c1-23(17-14-2-3-20-16(14)21-9-22-17)12-4-10(5-12)8-26(24,25)13-6-11(7-13)15(18)19/h2-3,9-13,15H,4-8H2,1H3,(H,20,21,22). The third-order valence-electron chi connectivity index (χ3n) is 5.89. The Morgan fingerprint density at radius 2 is 2.00 bits per heavy atom. The van der Waals surface area contributed by atoms with E-state index in [0.29, 0.717) is 0 Å². The molecule has 0 aromatic carbocycles. The van der Waals surface area contributed by atoms with Crippen LogP contribution < -0.4 is 4.90 Å². The summed E-state index contributed by atoms with van der Waals surface area (Å²) in [4.78, 5) is 13.7. The zero-order chi connectivity index (χ0) is 18.5. The van der Waals surface area contributed by atoms with E-state index in [1.807, 2.05) is 19.3 Å². The molecule has 0 atom stereocenters. The van der Waals surface area contributed by atoms with Crippen molar-refractivity contribution >= 4 is 26.7 Å². The fraction of sp³-hybridized carbons (Fsp3) is 0.647. The van der Waals surface area contributed by atoms with Gasteiger partial charge in [0, 0.05) is 25.2 Å². The van der Waals surface area contributed by atoms with Crippen molar-refractivity contribution in [1.82, 2.24) is 15.0 Å². The lowest BCUT2D eigenvalue weighted by Crippen LogP contribution is -2.48. The van der Waals surface area contributed by atoms with Crippen LogP contribution in [0.4, 0.5) is 14.6 Å². The molecule has 2 fully saturated rings. The Balaban J connectivity index is 1.33. The minimum Gasteiger partial charge on any atom is -0.356 e. The molecule has 6 nitrogen and oxygen atoms in total. The van der Waals surface area contributed by atoms with Crippen LogP contribution in [0.3, 0.4) is 0 Å². The van der Waals surface area contributed by atoms with Gasteiger partial charge in [0.05, 0.1) is 16.4 Å². The van der Waals surface area contributed by atoms with Crippen LogP contribution in [0.1, 0.15) is 25.7 Å². The first-order valence-electron chi connectivity index (χ1n) is 8.86. The molecule has 0 saturated heterocycles. The first-order chi connectivity index (χ1) is 12.3. The van der Waals surface area contributed by atoms with Gasteiger partial charge in [-0.1, -0.05) is 0 Å². The Hall–Kier alpha value is -1.77. The van der Waals surface area contributed by atoms with Crippen molar-refractivity contribution in [3.63, 3.8) is 0 Å². The van der Waals surface area contributed by atoms with Crippen molar-refractivity contribution in [2.45, 2.75) is 43.4 Å². The Bertz CT molecular complexity index is 889. The molecule has 9 heteroatoms. The summed E-state index contributed by atoms with van der Waals surface area (Å²) in [5.41, 5.74) is 0.777. The number of hydrogen-bond acceptors (Lipinski definition) is 5. The molecule has 2 aliphatic carbocycles. The highest BCUT2D eigenvalue weighted by molar-refractivity contribution is 7.92. The van der Waals surface area contributed by atoms with Gasteiger partial charge in [-0.2, -0.15) is 0 Å². The highest BCUT2D eigenvalue weighted by Crippen LogP contribution is 2.41. The van der Waals surface area contributed by atoms with Crippen LogP contribution in [0.2, 0.25) is 0 Å². The Morgan fingerprint density at radius 3 is 2.69 bits per heavy atom. The molecule has 0 unspecified atom stereocenters. The van der Waals surface area contributed by atoms with Crippen LogP contribution in [0.5, 0.6) is 0 Å². The minimum atomic E-state index is -3.27. The normalized spacial score (nSPS) is 28.8. The number of rotatable bonds is 6. The molecule has 0 bridgehead atoms. The van der Waals surface area contributed by atoms with Gasteiger partial charge in [0.15, 0.2) is 9.84 Å². The number of aromatic amines is 1. The number of anilines is 1. The first-order valence-corrected chi connectivity index (χ1v) is 10.6. The number of aromatic nitrogens is 3. The van der Waals surface area contributed by atoms with Gasteiger partial charge in [-0.3, -0.25) is 0 Å². The summed E-state index contributed by atoms with van der Waals surface area (Å²) in [6.07, 6.45) is 2.71. The van der Waals surface area contributed by atoms with Gasteiger partial charge in [0.1, 0.15) is 17.8 Å². The fourth-order valence-corrected chi connectivity index (χ4v) is 6.32. The van der Waals surface area contributed by atoms with E-state index < -0.39 is 27.4 Å². The molecule has 0 spiro atoms. The number of halogens is 2. The Labute approximate surface area is 150 Å². The number of sulfone groups is 1. The molecule has 2 aliphatic rings. The monoisotopic (exact) mass is 384 g/mol. The molecule has 0 amide bonds. The van der Waals surface area contributed by atoms with Gasteiger partial charge >= 0.3 is 0 Å². The highest BCUT2D eigenvalue weighted by atomic mass is 32.2. The van der Waals surface area contributed by atoms with Crippen LogP contribution in [-0.2, 0) is 9.84 Å². The Morgan fingerprint density at radius 1 is 1.27 bits per heavy atom. The van der Waals surface area contributed by atoms with Crippen LogP contribution in [0.15, 0.2) is 18.6 Å². The molecule has 0 aliphatic heterocycles. The van der Waals surface area contributed by atoms with Crippen molar-refractivity contribution in [2.75, 3.05) is 17.7 Å². The molecular formula is C17H22F2N4O2S. The summed E-state index contributed by atoms with van der Waals surface area (Å²) in [7, 11) is -1.31. The van der Waals surface area contributed by atoms with E-state index in [0.717, 1.165) is 29.7 Å². The lowest BCUT2D eigenvalue weighted by atomic mass is 9.80. The average Bonchev–Trinajstić information content (AvgIpc) is 2.96. The van der Waals surface area contributed by atoms with Gasteiger partial charge in [-0.25, -0.2) is 27.2 Å². The van der Waals surface area contributed by atoms with E-state index >= 15 is 0 Å². The average molecular weight is 384 g/mol. The zero-order valence-electron chi connectivity index (χ0n) is 14.5. The van der Waals surface area contributed by atoms with Crippen LogP contribution in [0, 0.1) is 11.8 Å². The maximum Gasteiger partial charge on any atom is 0.241 e. The van der Waals surface area contributed by atoms with E-state index in [1.54, 1.807) is 0 Å². The third-order valence-corrected chi connectivity index (χ3v) is 8.23. The zero-order valence-corrected chi connectivity index (χ0v) is 15.3. The molecule has 0 radical (unpaired) electrons. The summed E-state index contributed by atoms with van der Waals surface area (Å²) in [5, 5.41) is 0.373. The quantitative estimate of drug-likeness (QED) is 0.828. The highest BCUT2D eigenvalue weighted by Gasteiger charge is 2.45. The Kier molecular flexibility index (Phi) is 4.37. The second-order valence-corrected chi connectivity index (χ2v) is 9.88. The maximum absolute atomic E-state index is 12.6. The predicted octanol–water partition coefficient (Wildman–Crippen LogP) is 2.63. The predicted molar refractivity (Wildman–Crippen MR) is 95.1 cm³/mol. The molecule has 26 heavy (non-hydrogen) atoms. The van der Waals surface area contributed by atoms with Crippen molar-refractivity contribution in [3.05, 3.63) is 18.6 Å². The maximum atomic E-state index is 12.6. The molecular weight excluding hydrogens is 362 g/mol. The molecule has 2 heterocycles. The van der Waals surface area contributed by atoms with Crippen LogP contribution >= 0.6 is 0 Å². The summed E-state index contributed by atoms with van der Waals surface area (Å²) in [6.45, 7) is 0. The summed E-state index contributed by atoms with van der Waals surface area (Å²) < 4.78 is 49.9. The molecule has 2 aromatic rings. The lowest BCUT2D eigenvalue weighted by Gasteiger charge is -2.43. The van der Waals surface area contributed by atoms with Gasteiger partial charge in [0.25, 0.3) is 0 Å². The van der Waals surface area contributed by atoms with E-state index in [2.05, 4.69) is 19.9 Å². The second kappa shape index (κ2) is 6.44. The van der Waals surface area contributed by atoms with Crippen LogP contribution in [0.25, 0.3) is 11.0 Å². The van der Waals surface area contributed by atoms with Crippen molar-refractivity contribution < 1.29 is 17.2 Å².